The lowest BCUT2D eigenvalue weighted by atomic mass is 9.61. The van der Waals surface area contributed by atoms with Crippen molar-refractivity contribution >= 4 is 11.8 Å². The molecule has 1 saturated heterocycles. The van der Waals surface area contributed by atoms with Crippen LogP contribution in [0.2, 0.25) is 0 Å². The topological polar surface area (TPSA) is 46.2 Å². The van der Waals surface area contributed by atoms with E-state index in [0.29, 0.717) is 6.42 Å². The molecule has 2 amide bonds. The number of carbonyl (C=O) groups excluding carboxylic acids is 2. The molecule has 2 aliphatic rings. The highest BCUT2D eigenvalue weighted by Gasteiger charge is 2.58. The molecule has 0 spiro atoms. The molecule has 0 bridgehead atoms. The van der Waals surface area contributed by atoms with E-state index in [0.717, 1.165) is 24.0 Å². The van der Waals surface area contributed by atoms with Crippen molar-refractivity contribution in [1.29, 1.82) is 0 Å². The van der Waals surface area contributed by atoms with Crippen LogP contribution in [0.4, 0.5) is 0 Å². The van der Waals surface area contributed by atoms with Crippen LogP contribution in [0.25, 0.3) is 0 Å². The van der Waals surface area contributed by atoms with Crippen molar-refractivity contribution in [3.8, 4) is 0 Å². The zero-order valence-corrected chi connectivity index (χ0v) is 9.21. The molecule has 84 valence electrons. The Labute approximate surface area is 94.9 Å². The van der Waals surface area contributed by atoms with E-state index < -0.39 is 11.3 Å². The molecule has 0 aromatic carbocycles. The summed E-state index contributed by atoms with van der Waals surface area (Å²) in [6.07, 6.45) is 3.59. The van der Waals surface area contributed by atoms with Gasteiger partial charge >= 0.3 is 0 Å². The first-order chi connectivity index (χ1) is 7.54. The Morgan fingerprint density at radius 1 is 1.38 bits per heavy atom. The summed E-state index contributed by atoms with van der Waals surface area (Å²) >= 11 is 0. The number of nitrogens with one attached hydrogen (secondary N) is 1. The van der Waals surface area contributed by atoms with Crippen molar-refractivity contribution in [3.63, 3.8) is 0 Å². The molecule has 1 heterocycles. The summed E-state index contributed by atoms with van der Waals surface area (Å²) in [6.45, 7) is 11.5. The fraction of sp³-hybridized carbons (Fsp3) is 0.385. The molecule has 1 N–H and O–H groups in total. The van der Waals surface area contributed by atoms with Gasteiger partial charge in [-0.2, -0.15) is 0 Å². The predicted octanol–water partition coefficient (Wildman–Crippen LogP) is 1.73. The quantitative estimate of drug-likeness (QED) is 0.565. The largest absolute Gasteiger partial charge is 0.295 e. The Bertz CT molecular complexity index is 422. The summed E-state index contributed by atoms with van der Waals surface area (Å²) in [6, 6.07) is 0. The van der Waals surface area contributed by atoms with Gasteiger partial charge in [0.25, 0.3) is 0 Å². The van der Waals surface area contributed by atoms with E-state index in [4.69, 9.17) is 0 Å². The second-order valence-electron chi connectivity index (χ2n) is 4.48. The summed E-state index contributed by atoms with van der Waals surface area (Å²) in [4.78, 5) is 23.8. The highest BCUT2D eigenvalue weighted by atomic mass is 16.2. The SMILES string of the molecule is C=CCC12C(=C)CCC(=C)C1C(=O)NC2=O. The Morgan fingerprint density at radius 2 is 2.06 bits per heavy atom. The highest BCUT2D eigenvalue weighted by Crippen LogP contribution is 2.52. The molecular formula is C13H15NO2. The molecule has 1 saturated carbocycles. The van der Waals surface area contributed by atoms with E-state index in [-0.39, 0.29) is 11.8 Å². The third-order valence-corrected chi connectivity index (χ3v) is 3.65. The van der Waals surface area contributed by atoms with Gasteiger partial charge in [-0.25, -0.2) is 0 Å². The maximum atomic E-state index is 12.0. The second-order valence-corrected chi connectivity index (χ2v) is 4.48. The number of imide groups is 1. The van der Waals surface area contributed by atoms with Gasteiger partial charge < -0.3 is 0 Å². The van der Waals surface area contributed by atoms with Crippen molar-refractivity contribution < 1.29 is 9.59 Å². The number of amides is 2. The van der Waals surface area contributed by atoms with E-state index in [2.05, 4.69) is 25.1 Å². The molecule has 2 unspecified atom stereocenters. The highest BCUT2D eigenvalue weighted by molar-refractivity contribution is 6.10. The molecule has 3 nitrogen and oxygen atoms in total. The molecule has 2 rings (SSSR count). The smallest absolute Gasteiger partial charge is 0.238 e. The fourth-order valence-corrected chi connectivity index (χ4v) is 2.81. The summed E-state index contributed by atoms with van der Waals surface area (Å²) in [7, 11) is 0. The predicted molar refractivity (Wildman–Crippen MR) is 61.4 cm³/mol. The van der Waals surface area contributed by atoms with Crippen molar-refractivity contribution in [2.75, 3.05) is 0 Å². The van der Waals surface area contributed by atoms with Gasteiger partial charge in [0, 0.05) is 0 Å². The van der Waals surface area contributed by atoms with Crippen LogP contribution in [0.3, 0.4) is 0 Å². The number of rotatable bonds is 2. The Morgan fingerprint density at radius 3 is 2.69 bits per heavy atom. The molecule has 1 aliphatic heterocycles. The summed E-state index contributed by atoms with van der Waals surface area (Å²) in [5.74, 6) is -0.926. The van der Waals surface area contributed by atoms with Crippen LogP contribution >= 0.6 is 0 Å². The van der Waals surface area contributed by atoms with E-state index in [1.807, 2.05) is 0 Å². The Kier molecular flexibility index (Phi) is 2.34. The van der Waals surface area contributed by atoms with Gasteiger partial charge in [0.05, 0.1) is 11.3 Å². The van der Waals surface area contributed by atoms with Crippen LogP contribution in [-0.4, -0.2) is 11.8 Å². The van der Waals surface area contributed by atoms with Gasteiger partial charge in [-0.15, -0.1) is 6.58 Å². The van der Waals surface area contributed by atoms with Gasteiger partial charge in [-0.1, -0.05) is 30.4 Å². The first kappa shape index (κ1) is 10.9. The van der Waals surface area contributed by atoms with Crippen LogP contribution in [0.5, 0.6) is 0 Å². The molecule has 1 aliphatic carbocycles. The monoisotopic (exact) mass is 217 g/mol. The standard InChI is InChI=1S/C13H15NO2/c1-4-7-13-9(3)6-5-8(2)10(13)11(15)14-12(13)16/h4,10H,1-3,5-7H2,(H,14,15,16). The number of hydrogen-bond donors (Lipinski definition) is 1. The lowest BCUT2D eigenvalue weighted by Gasteiger charge is -2.38. The van der Waals surface area contributed by atoms with Gasteiger partial charge in [0.2, 0.25) is 11.8 Å². The lowest BCUT2D eigenvalue weighted by Crippen LogP contribution is -2.39. The molecular weight excluding hydrogens is 202 g/mol. The first-order valence-electron chi connectivity index (χ1n) is 5.36. The first-order valence-corrected chi connectivity index (χ1v) is 5.36. The van der Waals surface area contributed by atoms with Gasteiger partial charge in [0.15, 0.2) is 0 Å². The zero-order valence-electron chi connectivity index (χ0n) is 9.21. The van der Waals surface area contributed by atoms with Crippen LogP contribution in [-0.2, 0) is 9.59 Å². The van der Waals surface area contributed by atoms with Gasteiger partial charge in [-0.05, 0) is 19.3 Å². The van der Waals surface area contributed by atoms with E-state index in [9.17, 15) is 9.59 Å². The van der Waals surface area contributed by atoms with E-state index in [1.165, 1.54) is 0 Å². The third kappa shape index (κ3) is 1.14. The van der Waals surface area contributed by atoms with E-state index >= 15 is 0 Å². The minimum atomic E-state index is -0.811. The number of fused-ring (bicyclic) bond motifs is 1. The minimum Gasteiger partial charge on any atom is -0.295 e. The molecule has 0 aromatic heterocycles. The molecule has 2 atom stereocenters. The maximum absolute atomic E-state index is 12.0. The fourth-order valence-electron chi connectivity index (χ4n) is 2.81. The Hall–Kier alpha value is -1.64. The van der Waals surface area contributed by atoms with Gasteiger partial charge in [0.1, 0.15) is 0 Å². The minimum absolute atomic E-state index is 0.238. The zero-order chi connectivity index (χ0) is 11.9. The second kappa shape index (κ2) is 3.44. The normalized spacial score (nSPS) is 33.6. The van der Waals surface area contributed by atoms with Crippen molar-refractivity contribution in [2.24, 2.45) is 11.3 Å². The lowest BCUT2D eigenvalue weighted by molar-refractivity contribution is -0.127. The average molecular weight is 217 g/mol. The molecule has 2 fully saturated rings. The Balaban J connectivity index is 2.56. The molecule has 0 radical (unpaired) electrons. The van der Waals surface area contributed by atoms with Crippen molar-refractivity contribution in [1.82, 2.24) is 5.32 Å². The number of allylic oxidation sites excluding steroid dienone is 1. The summed E-state index contributed by atoms with van der Waals surface area (Å²) in [5, 5.41) is 2.40. The average Bonchev–Trinajstić information content (AvgIpc) is 2.47. The van der Waals surface area contributed by atoms with Crippen molar-refractivity contribution in [2.45, 2.75) is 19.3 Å². The molecule has 3 heteroatoms. The van der Waals surface area contributed by atoms with Crippen LogP contribution in [0, 0.1) is 11.3 Å². The van der Waals surface area contributed by atoms with Gasteiger partial charge in [-0.3, -0.25) is 14.9 Å². The van der Waals surface area contributed by atoms with Crippen LogP contribution in [0.1, 0.15) is 19.3 Å². The molecule has 0 aromatic rings. The maximum Gasteiger partial charge on any atom is 0.238 e. The third-order valence-electron chi connectivity index (χ3n) is 3.65. The van der Waals surface area contributed by atoms with Crippen molar-refractivity contribution in [3.05, 3.63) is 37.0 Å². The molecule has 16 heavy (non-hydrogen) atoms. The number of hydrogen-bond acceptors (Lipinski definition) is 2. The number of carbonyl (C=O) groups is 2. The summed E-state index contributed by atoms with van der Waals surface area (Å²) in [5.41, 5.74) is 0.847. The van der Waals surface area contributed by atoms with E-state index in [1.54, 1.807) is 6.08 Å². The van der Waals surface area contributed by atoms with Crippen LogP contribution in [0.15, 0.2) is 37.0 Å². The summed E-state index contributed by atoms with van der Waals surface area (Å²) < 4.78 is 0. The van der Waals surface area contributed by atoms with Crippen LogP contribution < -0.4 is 5.32 Å².